The minimum absolute atomic E-state index is 0.193. The molecule has 2 heterocycles. The molecule has 13 heteroatoms. The van der Waals surface area contributed by atoms with Gasteiger partial charge in [0, 0.05) is 29.8 Å². The highest BCUT2D eigenvalue weighted by atomic mass is 16.2. The maximum absolute atomic E-state index is 14.0. The van der Waals surface area contributed by atoms with Gasteiger partial charge in [0.05, 0.1) is 11.7 Å². The number of aromatic amines is 1. The Bertz CT molecular complexity index is 1700. The van der Waals surface area contributed by atoms with Crippen LogP contribution in [0.2, 0.25) is 0 Å². The van der Waals surface area contributed by atoms with E-state index >= 15 is 0 Å². The molecule has 0 spiro atoms. The molecule has 1 saturated carbocycles. The van der Waals surface area contributed by atoms with Crippen molar-refractivity contribution in [1.82, 2.24) is 35.8 Å². The van der Waals surface area contributed by atoms with Gasteiger partial charge in [-0.2, -0.15) is 5.21 Å². The molecule has 6 N–H and O–H groups in total. The normalized spacial score (nSPS) is 16.7. The summed E-state index contributed by atoms with van der Waals surface area (Å²) in [4.78, 5) is 48.2. The fraction of sp³-hybridized carbons (Fsp3) is 0.417. The van der Waals surface area contributed by atoms with Crippen LogP contribution in [0.15, 0.2) is 60.8 Å². The summed E-state index contributed by atoms with van der Waals surface area (Å²) in [5, 5.41) is 17.0. The van der Waals surface area contributed by atoms with Crippen LogP contribution in [0.1, 0.15) is 53.7 Å². The number of carbonyl (C=O) groups excluding carboxylic acids is 3. The molecule has 0 unspecified atom stereocenters. The summed E-state index contributed by atoms with van der Waals surface area (Å²) in [6.07, 6.45) is 5.88. The third kappa shape index (κ3) is 8.99. The smallest absolute Gasteiger partial charge is 0.269 e. The van der Waals surface area contributed by atoms with E-state index in [9.17, 15) is 14.4 Å². The lowest BCUT2D eigenvalue weighted by atomic mass is 9.81. The lowest BCUT2D eigenvalue weighted by Gasteiger charge is -2.32. The Morgan fingerprint density at radius 3 is 2.31 bits per heavy atom. The maximum atomic E-state index is 14.0. The highest BCUT2D eigenvalue weighted by Gasteiger charge is 2.35. The van der Waals surface area contributed by atoms with Crippen LogP contribution in [0.25, 0.3) is 22.5 Å². The van der Waals surface area contributed by atoms with Crippen LogP contribution in [0.3, 0.4) is 0 Å². The first kappa shape index (κ1) is 35.5. The molecule has 3 amide bonds. The molecule has 1 fully saturated rings. The Kier molecular flexibility index (Phi) is 11.9. The number of nitrogens with two attached hydrogens (primary N) is 2. The number of H-pyrrole nitrogens is 1. The van der Waals surface area contributed by atoms with Crippen LogP contribution < -0.4 is 21.7 Å². The Morgan fingerprint density at radius 2 is 1.69 bits per heavy atom. The second kappa shape index (κ2) is 16.5. The number of imide groups is 1. The number of anilines is 1. The van der Waals surface area contributed by atoms with E-state index in [0.29, 0.717) is 54.6 Å². The van der Waals surface area contributed by atoms with Gasteiger partial charge in [-0.25, -0.2) is 4.90 Å². The van der Waals surface area contributed by atoms with E-state index in [1.807, 2.05) is 45.3 Å². The highest BCUT2D eigenvalue weighted by molar-refractivity contribution is 6.17. The molecule has 5 rings (SSSR count). The van der Waals surface area contributed by atoms with Crippen molar-refractivity contribution in [3.05, 3.63) is 77.6 Å². The van der Waals surface area contributed by atoms with Crippen molar-refractivity contribution in [3.63, 3.8) is 0 Å². The minimum Gasteiger partial charge on any atom is -0.351 e. The summed E-state index contributed by atoms with van der Waals surface area (Å²) in [6, 6.07) is 15.5. The zero-order valence-electron chi connectivity index (χ0n) is 28.4. The number of carbonyl (C=O) groups is 3. The van der Waals surface area contributed by atoms with Crippen molar-refractivity contribution in [1.29, 1.82) is 0 Å². The molecule has 4 aromatic rings. The number of hydrogen-bond donors (Lipinski definition) is 4. The molecule has 1 atom stereocenters. The molecule has 1 aliphatic rings. The fourth-order valence-electron chi connectivity index (χ4n) is 6.23. The zero-order valence-corrected chi connectivity index (χ0v) is 28.4. The van der Waals surface area contributed by atoms with E-state index in [1.54, 1.807) is 36.5 Å². The van der Waals surface area contributed by atoms with Gasteiger partial charge < -0.3 is 21.7 Å². The van der Waals surface area contributed by atoms with E-state index in [-0.39, 0.29) is 24.2 Å². The summed E-state index contributed by atoms with van der Waals surface area (Å²) < 4.78 is 0. The van der Waals surface area contributed by atoms with Crippen LogP contribution in [0.4, 0.5) is 5.69 Å². The standard InChI is InChI=1S/C36H46N10O3/c1-23-19-32(34(47)39-17-4-18-45(2)3)40-22-30(23)26-9-5-24(6-10-26)20-31(38)36(49)46(35(48)28-11-7-25(21-37)8-12-28)29-15-13-27(14-16-29)33-41-43-44-42-33/h5-6,9-10,13-16,19,22,25,28,31H,4,7-8,11-12,17-18,20-21,37-38H2,1-3H3,(H,39,47)(H,41,42,43,44)/t25?,28?,31-/m0/s1. The van der Waals surface area contributed by atoms with Crippen molar-refractivity contribution < 1.29 is 14.4 Å². The largest absolute Gasteiger partial charge is 0.351 e. The molecule has 2 aromatic carbocycles. The lowest BCUT2D eigenvalue weighted by Crippen LogP contribution is -2.50. The average Bonchev–Trinajstić information content (AvgIpc) is 3.66. The summed E-state index contributed by atoms with van der Waals surface area (Å²) in [5.41, 5.74) is 17.6. The number of nitrogens with one attached hydrogen (secondary N) is 2. The maximum Gasteiger partial charge on any atom is 0.269 e. The number of rotatable bonds is 13. The van der Waals surface area contributed by atoms with Gasteiger partial charge in [-0.3, -0.25) is 19.4 Å². The fourth-order valence-corrected chi connectivity index (χ4v) is 6.23. The minimum atomic E-state index is -0.953. The van der Waals surface area contributed by atoms with Crippen molar-refractivity contribution in [2.24, 2.45) is 23.3 Å². The third-order valence-electron chi connectivity index (χ3n) is 9.15. The molecule has 0 aliphatic heterocycles. The number of aryl methyl sites for hydroxylation is 1. The molecule has 258 valence electrons. The van der Waals surface area contributed by atoms with Gasteiger partial charge in [0.1, 0.15) is 5.69 Å². The molecular weight excluding hydrogens is 620 g/mol. The number of tetrazole rings is 1. The Balaban J connectivity index is 1.27. The van der Waals surface area contributed by atoms with Crippen molar-refractivity contribution in [2.75, 3.05) is 38.6 Å². The van der Waals surface area contributed by atoms with E-state index < -0.39 is 11.9 Å². The molecule has 1 aliphatic carbocycles. The number of aromatic nitrogens is 5. The molecule has 2 aromatic heterocycles. The van der Waals surface area contributed by atoms with Gasteiger partial charge in [-0.1, -0.05) is 24.3 Å². The summed E-state index contributed by atoms with van der Waals surface area (Å²) in [6.45, 7) is 4.03. The SMILES string of the molecule is Cc1cc(C(=O)NCCCN(C)C)ncc1-c1ccc(C[C@H](N)C(=O)N(C(=O)C2CCC(CN)CC2)c2ccc(-c3nn[nH]n3)cc2)cc1. The average molecular weight is 667 g/mol. The monoisotopic (exact) mass is 666 g/mol. The van der Waals surface area contributed by atoms with Gasteiger partial charge >= 0.3 is 0 Å². The van der Waals surface area contributed by atoms with E-state index in [2.05, 4.69) is 35.8 Å². The number of nitrogens with zero attached hydrogens (tertiary/aromatic N) is 6. The number of amides is 3. The van der Waals surface area contributed by atoms with Gasteiger partial charge in [0.15, 0.2) is 0 Å². The van der Waals surface area contributed by atoms with Crippen LogP contribution >= 0.6 is 0 Å². The summed E-state index contributed by atoms with van der Waals surface area (Å²) >= 11 is 0. The zero-order chi connectivity index (χ0) is 34.9. The quantitative estimate of drug-likeness (QED) is 0.154. The number of benzene rings is 2. The molecule has 0 radical (unpaired) electrons. The van der Waals surface area contributed by atoms with Crippen LogP contribution in [-0.2, 0) is 16.0 Å². The van der Waals surface area contributed by atoms with Crippen LogP contribution in [-0.4, -0.2) is 88.0 Å². The van der Waals surface area contributed by atoms with Crippen molar-refractivity contribution >= 4 is 23.4 Å². The van der Waals surface area contributed by atoms with Crippen LogP contribution in [0, 0.1) is 18.8 Å². The van der Waals surface area contributed by atoms with E-state index in [1.165, 1.54) is 4.90 Å². The summed E-state index contributed by atoms with van der Waals surface area (Å²) in [7, 11) is 4.00. The van der Waals surface area contributed by atoms with Crippen molar-refractivity contribution in [3.8, 4) is 22.5 Å². The van der Waals surface area contributed by atoms with Gasteiger partial charge in [0.2, 0.25) is 11.7 Å². The summed E-state index contributed by atoms with van der Waals surface area (Å²) in [5.74, 6) is -0.374. The number of hydrogen-bond acceptors (Lipinski definition) is 10. The van der Waals surface area contributed by atoms with E-state index in [0.717, 1.165) is 48.1 Å². The van der Waals surface area contributed by atoms with Crippen molar-refractivity contribution in [2.45, 2.75) is 51.5 Å². The molecule has 0 bridgehead atoms. The Morgan fingerprint density at radius 1 is 1.00 bits per heavy atom. The second-order valence-corrected chi connectivity index (χ2v) is 13.1. The number of pyridine rings is 1. The molecular formula is C36H46N10O3. The Labute approximate surface area is 286 Å². The highest BCUT2D eigenvalue weighted by Crippen LogP contribution is 2.32. The lowest BCUT2D eigenvalue weighted by molar-refractivity contribution is -0.130. The Hall–Kier alpha value is -4.85. The topological polar surface area (TPSA) is 189 Å². The predicted molar refractivity (Wildman–Crippen MR) is 188 cm³/mol. The first-order valence-corrected chi connectivity index (χ1v) is 16.8. The second-order valence-electron chi connectivity index (χ2n) is 13.1. The van der Waals surface area contributed by atoms with Gasteiger partial charge in [-0.15, -0.1) is 10.2 Å². The van der Waals surface area contributed by atoms with Gasteiger partial charge in [0.25, 0.3) is 11.8 Å². The van der Waals surface area contributed by atoms with Crippen LogP contribution in [0.5, 0.6) is 0 Å². The predicted octanol–water partition coefficient (Wildman–Crippen LogP) is 3.11. The third-order valence-corrected chi connectivity index (χ3v) is 9.15. The molecule has 49 heavy (non-hydrogen) atoms. The first-order chi connectivity index (χ1) is 23.6. The first-order valence-electron chi connectivity index (χ1n) is 16.8. The molecule has 13 nitrogen and oxygen atoms in total. The molecule has 0 saturated heterocycles. The van der Waals surface area contributed by atoms with E-state index in [4.69, 9.17) is 11.5 Å². The van der Waals surface area contributed by atoms with Gasteiger partial charge in [-0.05, 0) is 131 Å².